The Labute approximate surface area is 131 Å². The minimum absolute atomic E-state index is 0.0227. The van der Waals surface area contributed by atoms with E-state index < -0.39 is 0 Å². The normalized spacial score (nSPS) is 28.4. The van der Waals surface area contributed by atoms with Crippen molar-refractivity contribution in [3.63, 3.8) is 0 Å². The highest BCUT2D eigenvalue weighted by molar-refractivity contribution is 6.32. The van der Waals surface area contributed by atoms with Crippen LogP contribution in [0.25, 0.3) is 0 Å². The molecule has 2 fully saturated rings. The molecular weight excluding hydrogens is 286 g/mol. The maximum Gasteiger partial charge on any atom is 0.258 e. The van der Waals surface area contributed by atoms with Crippen molar-refractivity contribution in [2.24, 2.45) is 17.8 Å². The second-order valence-electron chi connectivity index (χ2n) is 6.41. The lowest BCUT2D eigenvalue weighted by molar-refractivity contribution is -0.124. The first-order valence-corrected chi connectivity index (χ1v) is 8.18. The number of benzene rings is 1. The second-order valence-corrected chi connectivity index (χ2v) is 6.82. The fraction of sp³-hybridized carbons (Fsp3) is 0.588. The van der Waals surface area contributed by atoms with Crippen LogP contribution in [-0.4, -0.2) is 18.6 Å². The van der Waals surface area contributed by atoms with Gasteiger partial charge < -0.3 is 10.1 Å². The molecule has 4 atom stereocenters. The fourth-order valence-corrected chi connectivity index (χ4v) is 4.20. The van der Waals surface area contributed by atoms with Crippen LogP contribution in [0.15, 0.2) is 24.3 Å². The van der Waals surface area contributed by atoms with Gasteiger partial charge in [0.2, 0.25) is 0 Å². The van der Waals surface area contributed by atoms with E-state index in [1.54, 1.807) is 12.1 Å². The number of halogens is 1. The molecule has 1 N–H and O–H groups in total. The Bertz CT molecular complexity index is 519. The van der Waals surface area contributed by atoms with Gasteiger partial charge in [-0.2, -0.15) is 0 Å². The second kappa shape index (κ2) is 6.27. The number of hydrogen-bond acceptors (Lipinski definition) is 2. The van der Waals surface area contributed by atoms with E-state index >= 15 is 0 Å². The van der Waals surface area contributed by atoms with E-state index in [0.29, 0.717) is 16.7 Å². The van der Waals surface area contributed by atoms with Crippen LogP contribution in [-0.2, 0) is 4.79 Å². The molecule has 0 spiro atoms. The van der Waals surface area contributed by atoms with Crippen molar-refractivity contribution in [3.8, 4) is 5.75 Å². The zero-order chi connectivity index (χ0) is 14.8. The van der Waals surface area contributed by atoms with Crippen molar-refractivity contribution in [1.82, 2.24) is 5.32 Å². The lowest BCUT2D eigenvalue weighted by atomic mass is 9.84. The molecule has 2 aliphatic rings. The van der Waals surface area contributed by atoms with Gasteiger partial charge in [0.25, 0.3) is 5.91 Å². The average molecular weight is 308 g/mol. The molecule has 0 heterocycles. The van der Waals surface area contributed by atoms with Gasteiger partial charge in [0.05, 0.1) is 5.02 Å². The fourth-order valence-electron chi connectivity index (χ4n) is 4.01. The number of ether oxygens (including phenoxy) is 1. The lowest BCUT2D eigenvalue weighted by Crippen LogP contribution is -2.42. The van der Waals surface area contributed by atoms with E-state index in [0.717, 1.165) is 11.8 Å². The van der Waals surface area contributed by atoms with Crippen LogP contribution < -0.4 is 10.1 Å². The van der Waals surface area contributed by atoms with Crippen LogP contribution in [0.4, 0.5) is 0 Å². The molecule has 21 heavy (non-hydrogen) atoms. The summed E-state index contributed by atoms with van der Waals surface area (Å²) in [6.07, 6.45) is 5.36. The molecule has 2 bridgehead atoms. The molecule has 0 aromatic heterocycles. The van der Waals surface area contributed by atoms with E-state index in [1.165, 1.54) is 25.7 Å². The summed E-state index contributed by atoms with van der Waals surface area (Å²) in [5, 5.41) is 3.62. The highest BCUT2D eigenvalue weighted by Crippen LogP contribution is 2.49. The van der Waals surface area contributed by atoms with E-state index in [1.807, 2.05) is 12.1 Å². The Kier molecular flexibility index (Phi) is 4.39. The molecule has 0 radical (unpaired) electrons. The zero-order valence-electron chi connectivity index (χ0n) is 12.3. The first kappa shape index (κ1) is 14.7. The van der Waals surface area contributed by atoms with Crippen molar-refractivity contribution in [3.05, 3.63) is 29.3 Å². The molecule has 1 amide bonds. The van der Waals surface area contributed by atoms with Crippen LogP contribution in [0, 0.1) is 17.8 Å². The number of fused-ring (bicyclic) bond motifs is 2. The largest absolute Gasteiger partial charge is 0.482 e. The molecule has 0 unspecified atom stereocenters. The minimum atomic E-state index is -0.0646. The summed E-state index contributed by atoms with van der Waals surface area (Å²) >= 11 is 6.00. The first-order valence-electron chi connectivity index (χ1n) is 7.80. The molecular formula is C17H22ClNO2. The van der Waals surface area contributed by atoms with Gasteiger partial charge in [-0.25, -0.2) is 0 Å². The Morgan fingerprint density at radius 3 is 2.86 bits per heavy atom. The number of rotatable bonds is 5. The molecule has 0 saturated heterocycles. The van der Waals surface area contributed by atoms with Gasteiger partial charge in [-0.05, 0) is 56.1 Å². The Morgan fingerprint density at radius 1 is 1.38 bits per heavy atom. The molecule has 1 aromatic carbocycles. The molecule has 2 saturated carbocycles. The highest BCUT2D eigenvalue weighted by Gasteiger charge is 2.42. The number of hydrogen-bond donors (Lipinski definition) is 1. The predicted molar refractivity (Wildman–Crippen MR) is 83.5 cm³/mol. The van der Waals surface area contributed by atoms with Gasteiger partial charge in [-0.3, -0.25) is 4.79 Å². The van der Waals surface area contributed by atoms with E-state index in [9.17, 15) is 4.79 Å². The number of para-hydroxylation sites is 1. The maximum atomic E-state index is 12.0. The molecule has 2 aliphatic carbocycles. The lowest BCUT2D eigenvalue weighted by Gasteiger charge is -2.28. The van der Waals surface area contributed by atoms with Crippen LogP contribution in [0.3, 0.4) is 0 Å². The van der Waals surface area contributed by atoms with Crippen molar-refractivity contribution >= 4 is 17.5 Å². The highest BCUT2D eigenvalue weighted by atomic mass is 35.5. The van der Waals surface area contributed by atoms with Crippen LogP contribution in [0.2, 0.25) is 5.02 Å². The van der Waals surface area contributed by atoms with Crippen LogP contribution in [0.5, 0.6) is 5.75 Å². The SMILES string of the molecule is C[C@@H](NC(=O)COc1ccccc1Cl)[C@@H]1C[C@H]2CC[C@H]1C2. The minimum Gasteiger partial charge on any atom is -0.482 e. The molecule has 3 rings (SSSR count). The van der Waals surface area contributed by atoms with Gasteiger partial charge >= 0.3 is 0 Å². The molecule has 114 valence electrons. The third kappa shape index (κ3) is 3.34. The summed E-state index contributed by atoms with van der Waals surface area (Å²) in [7, 11) is 0. The van der Waals surface area contributed by atoms with Crippen LogP contribution in [0.1, 0.15) is 32.6 Å². The summed E-state index contributed by atoms with van der Waals surface area (Å²) in [6, 6.07) is 7.45. The standard InChI is InChI=1S/C17H22ClNO2/c1-11(14-9-12-6-7-13(14)8-12)19-17(20)10-21-16-5-3-2-4-15(16)18/h2-5,11-14H,6-10H2,1H3,(H,19,20)/t11-,12+,13+,14+/m1/s1. The number of amides is 1. The summed E-state index contributed by atoms with van der Waals surface area (Å²) in [5.74, 6) is 2.86. The first-order chi connectivity index (χ1) is 10.1. The number of nitrogens with one attached hydrogen (secondary N) is 1. The van der Waals surface area contributed by atoms with Gasteiger partial charge in [-0.15, -0.1) is 0 Å². The summed E-state index contributed by atoms with van der Waals surface area (Å²) in [6.45, 7) is 2.15. The topological polar surface area (TPSA) is 38.3 Å². The molecule has 4 heteroatoms. The number of carbonyl (C=O) groups excluding carboxylic acids is 1. The Morgan fingerprint density at radius 2 is 2.19 bits per heavy atom. The van der Waals surface area contributed by atoms with Crippen molar-refractivity contribution in [1.29, 1.82) is 0 Å². The van der Waals surface area contributed by atoms with Crippen LogP contribution >= 0.6 is 11.6 Å². The zero-order valence-corrected chi connectivity index (χ0v) is 13.1. The summed E-state index contributed by atoms with van der Waals surface area (Å²) < 4.78 is 5.48. The van der Waals surface area contributed by atoms with Gasteiger partial charge in [0.1, 0.15) is 5.75 Å². The Hall–Kier alpha value is -1.22. The van der Waals surface area contributed by atoms with Crippen molar-refractivity contribution in [2.45, 2.75) is 38.6 Å². The van der Waals surface area contributed by atoms with Crippen molar-refractivity contribution in [2.75, 3.05) is 6.61 Å². The quantitative estimate of drug-likeness (QED) is 0.901. The van der Waals surface area contributed by atoms with E-state index in [4.69, 9.17) is 16.3 Å². The monoisotopic (exact) mass is 307 g/mol. The molecule has 1 aromatic rings. The summed E-state index contributed by atoms with van der Waals surface area (Å²) in [5.41, 5.74) is 0. The third-order valence-corrected chi connectivity index (χ3v) is 5.33. The average Bonchev–Trinajstić information content (AvgIpc) is 3.09. The molecule has 3 nitrogen and oxygen atoms in total. The predicted octanol–water partition coefficient (Wildman–Crippen LogP) is 3.66. The molecule has 0 aliphatic heterocycles. The summed E-state index contributed by atoms with van der Waals surface area (Å²) in [4.78, 5) is 12.0. The van der Waals surface area contributed by atoms with E-state index in [-0.39, 0.29) is 18.6 Å². The third-order valence-electron chi connectivity index (χ3n) is 5.02. The van der Waals surface area contributed by atoms with Gasteiger partial charge in [-0.1, -0.05) is 30.2 Å². The number of carbonyl (C=O) groups is 1. The Balaban J connectivity index is 1.47. The van der Waals surface area contributed by atoms with Gasteiger partial charge in [0, 0.05) is 6.04 Å². The smallest absolute Gasteiger partial charge is 0.258 e. The maximum absolute atomic E-state index is 12.0. The van der Waals surface area contributed by atoms with E-state index in [2.05, 4.69) is 12.2 Å². The van der Waals surface area contributed by atoms with Gasteiger partial charge in [0.15, 0.2) is 6.61 Å². The van der Waals surface area contributed by atoms with Crippen molar-refractivity contribution < 1.29 is 9.53 Å².